The first-order chi connectivity index (χ1) is 12.6. The minimum Gasteiger partial charge on any atom is -0.454 e. The Labute approximate surface area is 149 Å². The van der Waals surface area contributed by atoms with E-state index in [1.807, 2.05) is 18.2 Å². The maximum atomic E-state index is 12.4. The number of amides is 1. The van der Waals surface area contributed by atoms with Crippen molar-refractivity contribution in [1.29, 1.82) is 0 Å². The van der Waals surface area contributed by atoms with Gasteiger partial charge < -0.3 is 19.5 Å². The molecule has 0 fully saturated rings. The van der Waals surface area contributed by atoms with Gasteiger partial charge >= 0.3 is 6.61 Å². The molecule has 0 atom stereocenters. The molecule has 7 heteroatoms. The van der Waals surface area contributed by atoms with Crippen LogP contribution in [0.5, 0.6) is 17.2 Å². The number of hydrogen-bond acceptors (Lipinski definition) is 4. The van der Waals surface area contributed by atoms with Crippen LogP contribution in [0, 0.1) is 0 Å². The third-order valence-electron chi connectivity index (χ3n) is 3.70. The van der Waals surface area contributed by atoms with E-state index in [1.54, 1.807) is 18.2 Å². The lowest BCUT2D eigenvalue weighted by molar-refractivity contribution is -0.116. The fraction of sp³-hybridized carbons (Fsp3) is 0.211. The Hall–Kier alpha value is -3.09. The van der Waals surface area contributed by atoms with Gasteiger partial charge in [0.2, 0.25) is 12.7 Å². The zero-order valence-corrected chi connectivity index (χ0v) is 13.8. The summed E-state index contributed by atoms with van der Waals surface area (Å²) in [6, 6.07) is 11.9. The van der Waals surface area contributed by atoms with Crippen molar-refractivity contribution in [2.45, 2.75) is 13.0 Å². The molecular formula is C19H17F2NO4. The maximum Gasteiger partial charge on any atom is 0.387 e. The molecule has 0 spiro atoms. The lowest BCUT2D eigenvalue weighted by atomic mass is 10.1. The molecule has 0 aliphatic carbocycles. The predicted molar refractivity (Wildman–Crippen MR) is 91.4 cm³/mol. The van der Waals surface area contributed by atoms with Crippen LogP contribution in [0.25, 0.3) is 6.08 Å². The summed E-state index contributed by atoms with van der Waals surface area (Å²) >= 11 is 0. The van der Waals surface area contributed by atoms with E-state index in [2.05, 4.69) is 10.1 Å². The Morgan fingerprint density at radius 1 is 1.19 bits per heavy atom. The largest absolute Gasteiger partial charge is 0.454 e. The van der Waals surface area contributed by atoms with Gasteiger partial charge in [-0.2, -0.15) is 8.78 Å². The molecule has 136 valence electrons. The van der Waals surface area contributed by atoms with Gasteiger partial charge in [0, 0.05) is 18.2 Å². The molecule has 0 saturated heterocycles. The Bertz CT molecular complexity index is 808. The Kier molecular flexibility index (Phi) is 5.68. The maximum absolute atomic E-state index is 12.4. The molecule has 1 heterocycles. The molecule has 0 saturated carbocycles. The fourth-order valence-corrected chi connectivity index (χ4v) is 2.47. The standard InChI is InChI=1S/C19H17F2NO4/c20-19(21)26-15-4-2-1-3-14(15)6-8-18(23)22-10-9-13-5-7-16-17(11-13)25-12-24-16/h1-8,11,19H,9-10,12H2,(H,22,23)/b8-6+. The van der Waals surface area contributed by atoms with Gasteiger partial charge in [0.1, 0.15) is 5.75 Å². The highest BCUT2D eigenvalue weighted by molar-refractivity contribution is 5.92. The van der Waals surface area contributed by atoms with E-state index in [0.29, 0.717) is 30.0 Å². The van der Waals surface area contributed by atoms with E-state index in [9.17, 15) is 13.6 Å². The molecule has 1 amide bonds. The minimum atomic E-state index is -2.92. The number of nitrogens with one attached hydrogen (secondary N) is 1. The average Bonchev–Trinajstić information content (AvgIpc) is 3.08. The average molecular weight is 361 g/mol. The molecule has 0 unspecified atom stereocenters. The van der Waals surface area contributed by atoms with Crippen molar-refractivity contribution < 1.29 is 27.8 Å². The van der Waals surface area contributed by atoms with Crippen LogP contribution in [0.1, 0.15) is 11.1 Å². The SMILES string of the molecule is O=C(/C=C/c1ccccc1OC(F)F)NCCc1ccc2c(c1)OCO2. The summed E-state index contributed by atoms with van der Waals surface area (Å²) in [6.07, 6.45) is 3.35. The van der Waals surface area contributed by atoms with Crippen molar-refractivity contribution in [2.75, 3.05) is 13.3 Å². The molecule has 2 aromatic carbocycles. The van der Waals surface area contributed by atoms with Crippen LogP contribution >= 0.6 is 0 Å². The summed E-state index contributed by atoms with van der Waals surface area (Å²) in [5, 5.41) is 2.74. The predicted octanol–water partition coefficient (Wildman–Crippen LogP) is 3.39. The molecule has 1 N–H and O–H groups in total. The van der Waals surface area contributed by atoms with Crippen molar-refractivity contribution >= 4 is 12.0 Å². The molecule has 1 aliphatic rings. The van der Waals surface area contributed by atoms with Gasteiger partial charge in [-0.15, -0.1) is 0 Å². The topological polar surface area (TPSA) is 56.8 Å². The number of benzene rings is 2. The van der Waals surface area contributed by atoms with Gasteiger partial charge in [0.05, 0.1) is 0 Å². The van der Waals surface area contributed by atoms with E-state index in [-0.39, 0.29) is 18.4 Å². The lowest BCUT2D eigenvalue weighted by Gasteiger charge is -2.07. The van der Waals surface area contributed by atoms with Crippen LogP contribution < -0.4 is 19.5 Å². The van der Waals surface area contributed by atoms with E-state index >= 15 is 0 Å². The third kappa shape index (κ3) is 4.72. The smallest absolute Gasteiger partial charge is 0.387 e. The molecule has 5 nitrogen and oxygen atoms in total. The monoisotopic (exact) mass is 361 g/mol. The fourth-order valence-electron chi connectivity index (χ4n) is 2.47. The number of fused-ring (bicyclic) bond motifs is 1. The highest BCUT2D eigenvalue weighted by atomic mass is 19.3. The van der Waals surface area contributed by atoms with Gasteiger partial charge in [-0.1, -0.05) is 24.3 Å². The van der Waals surface area contributed by atoms with Crippen LogP contribution in [-0.4, -0.2) is 25.9 Å². The van der Waals surface area contributed by atoms with Gasteiger partial charge in [-0.05, 0) is 36.3 Å². The minimum absolute atomic E-state index is 0.0203. The van der Waals surface area contributed by atoms with Crippen molar-refractivity contribution in [3.05, 3.63) is 59.7 Å². The van der Waals surface area contributed by atoms with Gasteiger partial charge in [-0.25, -0.2) is 0 Å². The van der Waals surface area contributed by atoms with E-state index in [4.69, 9.17) is 9.47 Å². The highest BCUT2D eigenvalue weighted by Crippen LogP contribution is 2.32. The number of halogens is 2. The number of ether oxygens (including phenoxy) is 3. The molecule has 2 aromatic rings. The lowest BCUT2D eigenvalue weighted by Crippen LogP contribution is -2.23. The quantitative estimate of drug-likeness (QED) is 0.768. The van der Waals surface area contributed by atoms with Crippen LogP contribution in [0.3, 0.4) is 0 Å². The van der Waals surface area contributed by atoms with E-state index < -0.39 is 6.61 Å². The summed E-state index contributed by atoms with van der Waals surface area (Å²) < 4.78 is 39.7. The molecule has 26 heavy (non-hydrogen) atoms. The Morgan fingerprint density at radius 2 is 2.00 bits per heavy atom. The molecule has 0 bridgehead atoms. The van der Waals surface area contributed by atoms with E-state index in [1.165, 1.54) is 18.2 Å². The van der Waals surface area contributed by atoms with Crippen LogP contribution in [-0.2, 0) is 11.2 Å². The second kappa shape index (κ2) is 8.33. The first-order valence-corrected chi connectivity index (χ1v) is 8.00. The summed E-state index contributed by atoms with van der Waals surface area (Å²) in [6.45, 7) is -2.27. The van der Waals surface area contributed by atoms with Crippen molar-refractivity contribution in [2.24, 2.45) is 0 Å². The number of hydrogen-bond donors (Lipinski definition) is 1. The normalized spacial score (nSPS) is 12.6. The van der Waals surface area contributed by atoms with Gasteiger partial charge in [-0.3, -0.25) is 4.79 Å². The number of carbonyl (C=O) groups is 1. The van der Waals surface area contributed by atoms with Crippen LogP contribution in [0.2, 0.25) is 0 Å². The summed E-state index contributed by atoms with van der Waals surface area (Å²) in [5.74, 6) is 1.11. The van der Waals surface area contributed by atoms with Gasteiger partial charge in [0.25, 0.3) is 0 Å². The zero-order chi connectivity index (χ0) is 18.4. The number of rotatable bonds is 7. The summed E-state index contributed by atoms with van der Waals surface area (Å²) in [5.41, 5.74) is 1.41. The third-order valence-corrected chi connectivity index (χ3v) is 3.70. The van der Waals surface area contributed by atoms with Crippen LogP contribution in [0.4, 0.5) is 8.78 Å². The van der Waals surface area contributed by atoms with Crippen molar-refractivity contribution in [3.63, 3.8) is 0 Å². The number of carbonyl (C=O) groups excluding carboxylic acids is 1. The Morgan fingerprint density at radius 3 is 2.85 bits per heavy atom. The molecule has 0 aromatic heterocycles. The summed E-state index contributed by atoms with van der Waals surface area (Å²) in [4.78, 5) is 11.9. The zero-order valence-electron chi connectivity index (χ0n) is 13.8. The molecule has 3 rings (SSSR count). The van der Waals surface area contributed by atoms with E-state index in [0.717, 1.165) is 5.56 Å². The number of para-hydroxylation sites is 1. The Balaban J connectivity index is 1.51. The van der Waals surface area contributed by atoms with Crippen LogP contribution in [0.15, 0.2) is 48.5 Å². The van der Waals surface area contributed by atoms with Crippen molar-refractivity contribution in [1.82, 2.24) is 5.32 Å². The van der Waals surface area contributed by atoms with Crippen molar-refractivity contribution in [3.8, 4) is 17.2 Å². The second-order valence-corrected chi connectivity index (χ2v) is 5.48. The molecular weight excluding hydrogens is 344 g/mol. The second-order valence-electron chi connectivity index (χ2n) is 5.48. The number of alkyl halides is 2. The molecule has 0 radical (unpaired) electrons. The highest BCUT2D eigenvalue weighted by Gasteiger charge is 2.13. The first-order valence-electron chi connectivity index (χ1n) is 8.00. The van der Waals surface area contributed by atoms with Gasteiger partial charge in [0.15, 0.2) is 11.5 Å². The summed E-state index contributed by atoms with van der Waals surface area (Å²) in [7, 11) is 0. The molecule has 1 aliphatic heterocycles. The first kappa shape index (κ1) is 17.7.